The van der Waals surface area contributed by atoms with Gasteiger partial charge in [-0.2, -0.15) is 5.10 Å². The van der Waals surface area contributed by atoms with Crippen molar-refractivity contribution < 1.29 is 4.79 Å². The van der Waals surface area contributed by atoms with Crippen LogP contribution in [0.3, 0.4) is 0 Å². The van der Waals surface area contributed by atoms with Crippen molar-refractivity contribution in [2.24, 2.45) is 5.92 Å². The van der Waals surface area contributed by atoms with Crippen molar-refractivity contribution in [1.82, 2.24) is 25.1 Å². The van der Waals surface area contributed by atoms with Crippen LogP contribution >= 0.6 is 11.8 Å². The molecule has 160 valence electrons. The minimum absolute atomic E-state index is 0.0866. The minimum atomic E-state index is -0.0866. The summed E-state index contributed by atoms with van der Waals surface area (Å²) in [6, 6.07) is 7.55. The van der Waals surface area contributed by atoms with Crippen molar-refractivity contribution in [2.75, 3.05) is 18.4 Å². The molecule has 0 fully saturated rings. The van der Waals surface area contributed by atoms with Gasteiger partial charge in [0.15, 0.2) is 10.8 Å². The molecule has 30 heavy (non-hydrogen) atoms. The molecule has 2 N–H and O–H groups in total. The summed E-state index contributed by atoms with van der Waals surface area (Å²) in [5.41, 5.74) is 2.57. The lowest BCUT2D eigenvalue weighted by molar-refractivity contribution is 0.0952. The Morgan fingerprint density at radius 1 is 1.13 bits per heavy atom. The van der Waals surface area contributed by atoms with E-state index in [9.17, 15) is 4.79 Å². The number of carbonyl (C=O) groups is 1. The van der Waals surface area contributed by atoms with Gasteiger partial charge in [0.1, 0.15) is 5.82 Å². The monoisotopic (exact) mass is 426 g/mol. The highest BCUT2D eigenvalue weighted by molar-refractivity contribution is 7.99. The fraction of sp³-hybridized carbons (Fsp3) is 0.455. The number of fused-ring (bicyclic) bond motifs is 1. The van der Waals surface area contributed by atoms with E-state index in [0.29, 0.717) is 29.8 Å². The first-order chi connectivity index (χ1) is 14.3. The van der Waals surface area contributed by atoms with Crippen LogP contribution in [0.1, 0.15) is 43.6 Å². The van der Waals surface area contributed by atoms with Gasteiger partial charge >= 0.3 is 0 Å². The van der Waals surface area contributed by atoms with E-state index in [1.807, 2.05) is 35.9 Å². The Balaban J connectivity index is 1.75. The van der Waals surface area contributed by atoms with Crippen LogP contribution in [0.4, 0.5) is 5.82 Å². The van der Waals surface area contributed by atoms with Gasteiger partial charge in [0, 0.05) is 23.9 Å². The number of hydrogen-bond acceptors (Lipinski definition) is 6. The van der Waals surface area contributed by atoms with Gasteiger partial charge in [0.05, 0.1) is 18.1 Å². The number of carbonyl (C=O) groups excluding carboxylic acids is 1. The van der Waals surface area contributed by atoms with Gasteiger partial charge < -0.3 is 10.6 Å². The topological polar surface area (TPSA) is 84.7 Å². The zero-order chi connectivity index (χ0) is 21.7. The van der Waals surface area contributed by atoms with Crippen LogP contribution in [0, 0.1) is 12.8 Å². The first-order valence-electron chi connectivity index (χ1n) is 10.3. The van der Waals surface area contributed by atoms with Crippen molar-refractivity contribution in [3.63, 3.8) is 0 Å². The van der Waals surface area contributed by atoms with Gasteiger partial charge in [-0.05, 0) is 25.0 Å². The number of benzene rings is 1. The van der Waals surface area contributed by atoms with E-state index in [4.69, 9.17) is 9.97 Å². The number of hydrogen-bond donors (Lipinski definition) is 2. The highest BCUT2D eigenvalue weighted by Gasteiger charge is 2.15. The molecule has 1 aromatic carbocycles. The van der Waals surface area contributed by atoms with Gasteiger partial charge in [-0.1, -0.05) is 57.2 Å². The first kappa shape index (κ1) is 22.1. The number of amides is 1. The molecule has 3 aromatic rings. The minimum Gasteiger partial charge on any atom is -0.369 e. The Labute approximate surface area is 182 Å². The molecule has 0 aliphatic rings. The van der Waals surface area contributed by atoms with Crippen LogP contribution in [0.15, 0.2) is 35.6 Å². The molecular formula is C22H30N6OS. The summed E-state index contributed by atoms with van der Waals surface area (Å²) < 4.78 is 1.83. The van der Waals surface area contributed by atoms with Crippen molar-refractivity contribution in [3.8, 4) is 0 Å². The second kappa shape index (κ2) is 9.93. The Kier molecular flexibility index (Phi) is 7.31. The summed E-state index contributed by atoms with van der Waals surface area (Å²) in [6.45, 7) is 12.4. The number of thioether (sulfide) groups is 1. The van der Waals surface area contributed by atoms with Crippen molar-refractivity contribution in [1.29, 1.82) is 0 Å². The van der Waals surface area contributed by atoms with E-state index in [1.54, 1.807) is 18.0 Å². The molecule has 0 saturated carbocycles. The third kappa shape index (κ3) is 5.72. The molecule has 0 bridgehead atoms. The fourth-order valence-corrected chi connectivity index (χ4v) is 3.59. The maximum atomic E-state index is 12.3. The maximum absolute atomic E-state index is 12.3. The molecule has 0 aliphatic heterocycles. The van der Waals surface area contributed by atoms with E-state index < -0.39 is 0 Å². The quantitative estimate of drug-likeness (QED) is 0.395. The highest BCUT2D eigenvalue weighted by atomic mass is 32.2. The van der Waals surface area contributed by atoms with Gasteiger partial charge in [0.2, 0.25) is 0 Å². The van der Waals surface area contributed by atoms with E-state index in [0.717, 1.165) is 34.1 Å². The number of rotatable bonds is 9. The van der Waals surface area contributed by atoms with Crippen molar-refractivity contribution in [2.45, 2.75) is 51.6 Å². The zero-order valence-corrected chi connectivity index (χ0v) is 19.1. The summed E-state index contributed by atoms with van der Waals surface area (Å²) in [7, 11) is 0. The molecule has 3 rings (SSSR count). The molecule has 0 saturated heterocycles. The predicted octanol–water partition coefficient (Wildman–Crippen LogP) is 4.13. The number of aryl methyl sites for hydroxylation is 1. The van der Waals surface area contributed by atoms with Gasteiger partial charge in [0.25, 0.3) is 5.91 Å². The lowest BCUT2D eigenvalue weighted by Gasteiger charge is -2.12. The molecule has 0 aliphatic carbocycles. The Bertz CT molecular complexity index is 997. The van der Waals surface area contributed by atoms with Crippen LogP contribution in [-0.4, -0.2) is 44.0 Å². The largest absolute Gasteiger partial charge is 0.369 e. The highest BCUT2D eigenvalue weighted by Crippen LogP contribution is 2.26. The summed E-state index contributed by atoms with van der Waals surface area (Å²) in [4.78, 5) is 21.8. The predicted molar refractivity (Wildman–Crippen MR) is 123 cm³/mol. The second-order valence-electron chi connectivity index (χ2n) is 8.02. The molecular weight excluding hydrogens is 396 g/mol. The van der Waals surface area contributed by atoms with Crippen LogP contribution in [-0.2, 0) is 6.54 Å². The molecule has 2 heterocycles. The Hall–Kier alpha value is -2.61. The average molecular weight is 427 g/mol. The van der Waals surface area contributed by atoms with Crippen molar-refractivity contribution in [3.05, 3.63) is 41.6 Å². The third-order valence-corrected chi connectivity index (χ3v) is 5.28. The molecule has 1 amide bonds. The normalized spacial score (nSPS) is 11.4. The summed E-state index contributed by atoms with van der Waals surface area (Å²) >= 11 is 1.63. The molecule has 8 heteroatoms. The molecule has 0 unspecified atom stereocenters. The fourth-order valence-electron chi connectivity index (χ4n) is 2.88. The van der Waals surface area contributed by atoms with E-state index >= 15 is 0 Å². The van der Waals surface area contributed by atoms with Crippen LogP contribution in [0.25, 0.3) is 11.0 Å². The number of anilines is 1. The second-order valence-corrected chi connectivity index (χ2v) is 9.57. The smallest absolute Gasteiger partial charge is 0.251 e. The SMILES string of the molecule is Cc1ccc(C(=O)NCCn2ncc3c(NCC(C)C)nc(SC(C)C)nc32)cc1. The van der Waals surface area contributed by atoms with Gasteiger partial charge in [-0.15, -0.1) is 0 Å². The average Bonchev–Trinajstić information content (AvgIpc) is 3.09. The summed E-state index contributed by atoms with van der Waals surface area (Å²) in [6.07, 6.45) is 1.80. The van der Waals surface area contributed by atoms with E-state index in [-0.39, 0.29) is 5.91 Å². The summed E-state index contributed by atoms with van der Waals surface area (Å²) in [5.74, 6) is 1.23. The standard InChI is InChI=1S/C22H30N6OS/c1-14(2)12-24-19-18-13-25-28(20(18)27-22(26-19)30-15(3)4)11-10-23-21(29)17-8-6-16(5)7-9-17/h6-9,13-15H,10-12H2,1-5H3,(H,23,29)(H,24,26,27). The van der Waals surface area contributed by atoms with Crippen LogP contribution in [0.2, 0.25) is 0 Å². The zero-order valence-electron chi connectivity index (χ0n) is 18.3. The Morgan fingerprint density at radius 3 is 2.53 bits per heavy atom. The van der Waals surface area contributed by atoms with E-state index in [2.05, 4.69) is 43.4 Å². The van der Waals surface area contributed by atoms with Crippen LogP contribution in [0.5, 0.6) is 0 Å². The molecule has 2 aromatic heterocycles. The number of nitrogens with zero attached hydrogens (tertiary/aromatic N) is 4. The van der Waals surface area contributed by atoms with Gasteiger partial charge in [-0.3, -0.25) is 4.79 Å². The Morgan fingerprint density at radius 2 is 1.87 bits per heavy atom. The van der Waals surface area contributed by atoms with Crippen molar-refractivity contribution >= 4 is 34.5 Å². The summed E-state index contributed by atoms with van der Waals surface area (Å²) in [5, 5.41) is 12.9. The maximum Gasteiger partial charge on any atom is 0.251 e. The van der Waals surface area contributed by atoms with Crippen LogP contribution < -0.4 is 10.6 Å². The number of nitrogens with one attached hydrogen (secondary N) is 2. The number of aromatic nitrogens is 4. The molecule has 0 spiro atoms. The molecule has 7 nitrogen and oxygen atoms in total. The lowest BCUT2D eigenvalue weighted by atomic mass is 10.1. The molecule has 0 atom stereocenters. The van der Waals surface area contributed by atoms with Gasteiger partial charge in [-0.25, -0.2) is 14.6 Å². The lowest BCUT2D eigenvalue weighted by Crippen LogP contribution is -2.27. The van der Waals surface area contributed by atoms with E-state index in [1.165, 1.54) is 0 Å². The third-order valence-electron chi connectivity index (χ3n) is 4.42. The first-order valence-corrected chi connectivity index (χ1v) is 11.2. The molecule has 0 radical (unpaired) electrons.